The fourth-order valence-corrected chi connectivity index (χ4v) is 3.98. The minimum Gasteiger partial charge on any atom is -0.311 e. The molecule has 0 heterocycles. The summed E-state index contributed by atoms with van der Waals surface area (Å²) in [6, 6.07) is 15.0. The number of rotatable bonds is 7. The van der Waals surface area contributed by atoms with Crippen molar-refractivity contribution in [2.45, 2.75) is 27.2 Å². The molecule has 2 rings (SSSR count). The summed E-state index contributed by atoms with van der Waals surface area (Å²) in [5.41, 5.74) is 3.11. The Kier molecular flexibility index (Phi) is 6.42. The fraction of sp³-hybridized carbons (Fsp3) is 0.350. The quantitative estimate of drug-likeness (QED) is 0.746. The Morgan fingerprint density at radius 3 is 2.19 bits per heavy atom. The minimum absolute atomic E-state index is 0.223. The minimum atomic E-state index is -3.61. The number of hydrogen-bond acceptors (Lipinski definition) is 3. The highest BCUT2D eigenvalue weighted by Crippen LogP contribution is 2.28. The van der Waals surface area contributed by atoms with Crippen molar-refractivity contribution in [2.75, 3.05) is 28.6 Å². The van der Waals surface area contributed by atoms with Gasteiger partial charge < -0.3 is 4.90 Å². The van der Waals surface area contributed by atoms with Crippen LogP contribution in [0.25, 0.3) is 0 Å². The first kappa shape index (κ1) is 20.0. The van der Waals surface area contributed by atoms with Gasteiger partial charge in [0.2, 0.25) is 15.9 Å². The number of amides is 1. The first-order valence-corrected chi connectivity index (χ1v) is 10.6. The maximum Gasteiger partial charge on any atom is 0.247 e. The standard InChI is InChI=1S/C20H26N2O3S/c1-5-17-12-10-11-16(3)20(17)22(26(4,24)25)15-19(23)21(6-2)18-13-8-7-9-14-18/h7-14H,5-6,15H2,1-4H3. The van der Waals surface area contributed by atoms with E-state index in [2.05, 4.69) is 0 Å². The van der Waals surface area contributed by atoms with Gasteiger partial charge in [-0.3, -0.25) is 9.10 Å². The molecule has 5 nitrogen and oxygen atoms in total. The van der Waals surface area contributed by atoms with Gasteiger partial charge in [0.15, 0.2) is 0 Å². The van der Waals surface area contributed by atoms with Crippen molar-refractivity contribution in [1.29, 1.82) is 0 Å². The summed E-state index contributed by atoms with van der Waals surface area (Å²) in [6.45, 7) is 5.96. The molecule has 0 atom stereocenters. The Hall–Kier alpha value is -2.34. The van der Waals surface area contributed by atoms with Crippen LogP contribution >= 0.6 is 0 Å². The molecule has 0 aromatic heterocycles. The molecule has 0 radical (unpaired) electrons. The van der Waals surface area contributed by atoms with Crippen LogP contribution in [0.15, 0.2) is 48.5 Å². The van der Waals surface area contributed by atoms with Gasteiger partial charge in [-0.05, 0) is 43.5 Å². The molecule has 6 heteroatoms. The predicted molar refractivity (Wildman–Crippen MR) is 107 cm³/mol. The van der Waals surface area contributed by atoms with Crippen molar-refractivity contribution in [3.63, 3.8) is 0 Å². The highest BCUT2D eigenvalue weighted by atomic mass is 32.2. The van der Waals surface area contributed by atoms with Gasteiger partial charge in [-0.25, -0.2) is 8.42 Å². The normalized spacial score (nSPS) is 11.2. The highest BCUT2D eigenvalue weighted by Gasteiger charge is 2.26. The lowest BCUT2D eigenvalue weighted by Crippen LogP contribution is -2.43. The molecule has 0 saturated carbocycles. The molecule has 0 spiro atoms. The lowest BCUT2D eigenvalue weighted by molar-refractivity contribution is -0.117. The molecule has 0 unspecified atom stereocenters. The second kappa shape index (κ2) is 8.36. The van der Waals surface area contributed by atoms with E-state index in [0.717, 1.165) is 23.1 Å². The van der Waals surface area contributed by atoms with Crippen molar-refractivity contribution in [1.82, 2.24) is 0 Å². The number of benzene rings is 2. The summed E-state index contributed by atoms with van der Waals surface area (Å²) in [4.78, 5) is 14.5. The molecule has 0 aliphatic rings. The monoisotopic (exact) mass is 374 g/mol. The topological polar surface area (TPSA) is 57.7 Å². The number of carbonyl (C=O) groups is 1. The number of para-hydroxylation sites is 2. The van der Waals surface area contributed by atoms with Gasteiger partial charge in [-0.1, -0.05) is 43.3 Å². The molecular formula is C20H26N2O3S. The number of hydrogen-bond donors (Lipinski definition) is 0. The maximum absolute atomic E-state index is 12.9. The molecule has 0 saturated heterocycles. The summed E-state index contributed by atoms with van der Waals surface area (Å²) < 4.78 is 26.2. The van der Waals surface area contributed by atoms with Crippen LogP contribution in [-0.4, -0.2) is 33.7 Å². The molecule has 0 aliphatic heterocycles. The molecule has 0 N–H and O–H groups in total. The summed E-state index contributed by atoms with van der Waals surface area (Å²) >= 11 is 0. The Balaban J connectivity index is 2.43. The molecule has 2 aromatic carbocycles. The zero-order valence-corrected chi connectivity index (χ0v) is 16.6. The van der Waals surface area contributed by atoms with E-state index in [1.165, 1.54) is 4.31 Å². The summed E-state index contributed by atoms with van der Waals surface area (Å²) in [5, 5.41) is 0. The zero-order chi connectivity index (χ0) is 19.3. The van der Waals surface area contributed by atoms with Crippen molar-refractivity contribution in [2.24, 2.45) is 0 Å². The van der Waals surface area contributed by atoms with Gasteiger partial charge in [0.1, 0.15) is 6.54 Å². The third-order valence-corrected chi connectivity index (χ3v) is 5.43. The van der Waals surface area contributed by atoms with Crippen LogP contribution in [-0.2, 0) is 21.2 Å². The Bertz CT molecular complexity index is 864. The Labute approximate surface area is 156 Å². The van der Waals surface area contributed by atoms with Crippen molar-refractivity contribution in [3.05, 3.63) is 59.7 Å². The average Bonchev–Trinajstić information content (AvgIpc) is 2.60. The molecule has 140 valence electrons. The number of anilines is 2. The van der Waals surface area contributed by atoms with Crippen LogP contribution in [0.2, 0.25) is 0 Å². The smallest absolute Gasteiger partial charge is 0.247 e. The Morgan fingerprint density at radius 2 is 1.65 bits per heavy atom. The van der Waals surface area contributed by atoms with Gasteiger partial charge in [-0.15, -0.1) is 0 Å². The number of sulfonamides is 1. The van der Waals surface area contributed by atoms with Gasteiger partial charge in [0, 0.05) is 12.2 Å². The van der Waals surface area contributed by atoms with Gasteiger partial charge in [-0.2, -0.15) is 0 Å². The van der Waals surface area contributed by atoms with E-state index >= 15 is 0 Å². The molecule has 1 amide bonds. The van der Waals surface area contributed by atoms with Crippen LogP contribution in [0, 0.1) is 6.92 Å². The maximum atomic E-state index is 12.9. The highest BCUT2D eigenvalue weighted by molar-refractivity contribution is 7.92. The second-order valence-electron chi connectivity index (χ2n) is 6.18. The van der Waals surface area contributed by atoms with E-state index in [0.29, 0.717) is 18.7 Å². The SMILES string of the molecule is CCc1cccc(C)c1N(CC(=O)N(CC)c1ccccc1)S(C)(=O)=O. The van der Waals surface area contributed by atoms with E-state index in [-0.39, 0.29) is 12.5 Å². The molecule has 2 aromatic rings. The van der Waals surface area contributed by atoms with E-state index in [1.807, 2.05) is 69.3 Å². The van der Waals surface area contributed by atoms with Crippen molar-refractivity contribution < 1.29 is 13.2 Å². The first-order valence-electron chi connectivity index (χ1n) is 8.71. The van der Waals surface area contributed by atoms with Crippen LogP contribution in [0.3, 0.4) is 0 Å². The number of aryl methyl sites for hydroxylation is 2. The van der Waals surface area contributed by atoms with Crippen LogP contribution in [0.5, 0.6) is 0 Å². The number of likely N-dealkylation sites (N-methyl/N-ethyl adjacent to an activating group) is 1. The second-order valence-corrected chi connectivity index (χ2v) is 8.09. The fourth-order valence-electron chi connectivity index (χ4n) is 3.04. The Morgan fingerprint density at radius 1 is 1.00 bits per heavy atom. The summed E-state index contributed by atoms with van der Waals surface area (Å²) in [5.74, 6) is -0.255. The number of nitrogens with zero attached hydrogens (tertiary/aromatic N) is 2. The summed E-state index contributed by atoms with van der Waals surface area (Å²) in [6.07, 6.45) is 1.83. The molecular weight excluding hydrogens is 348 g/mol. The van der Waals surface area contributed by atoms with Crippen LogP contribution in [0.4, 0.5) is 11.4 Å². The van der Waals surface area contributed by atoms with E-state index in [4.69, 9.17) is 0 Å². The van der Waals surface area contributed by atoms with Crippen molar-refractivity contribution >= 4 is 27.3 Å². The molecule has 0 bridgehead atoms. The lowest BCUT2D eigenvalue weighted by atomic mass is 10.1. The molecule has 0 fully saturated rings. The van der Waals surface area contributed by atoms with Gasteiger partial charge in [0.25, 0.3) is 0 Å². The van der Waals surface area contributed by atoms with E-state index in [9.17, 15) is 13.2 Å². The third kappa shape index (κ3) is 4.43. The van der Waals surface area contributed by atoms with Gasteiger partial charge in [0.05, 0.1) is 11.9 Å². The van der Waals surface area contributed by atoms with Gasteiger partial charge >= 0.3 is 0 Å². The summed E-state index contributed by atoms with van der Waals surface area (Å²) in [7, 11) is -3.61. The van der Waals surface area contributed by atoms with E-state index < -0.39 is 10.0 Å². The first-order chi connectivity index (χ1) is 12.3. The zero-order valence-electron chi connectivity index (χ0n) is 15.8. The van der Waals surface area contributed by atoms with Crippen LogP contribution < -0.4 is 9.21 Å². The predicted octanol–water partition coefficient (Wildman–Crippen LogP) is 3.38. The average molecular weight is 375 g/mol. The third-order valence-electron chi connectivity index (χ3n) is 4.32. The number of carbonyl (C=O) groups excluding carboxylic acids is 1. The van der Waals surface area contributed by atoms with Crippen LogP contribution in [0.1, 0.15) is 25.0 Å². The van der Waals surface area contributed by atoms with E-state index in [1.54, 1.807) is 4.90 Å². The van der Waals surface area contributed by atoms with Crippen molar-refractivity contribution in [3.8, 4) is 0 Å². The lowest BCUT2D eigenvalue weighted by Gasteiger charge is -2.29. The molecule has 26 heavy (non-hydrogen) atoms. The molecule has 0 aliphatic carbocycles. The largest absolute Gasteiger partial charge is 0.311 e.